The molecule has 1 aliphatic heterocycles. The fraction of sp³-hybridized carbons (Fsp3) is 0.280. The van der Waals surface area contributed by atoms with Gasteiger partial charge in [0.25, 0.3) is 5.91 Å². The van der Waals surface area contributed by atoms with Gasteiger partial charge in [-0.25, -0.2) is 4.79 Å². The molecule has 2 aromatic carbocycles. The van der Waals surface area contributed by atoms with Crippen LogP contribution in [0.1, 0.15) is 45.0 Å². The van der Waals surface area contributed by atoms with Gasteiger partial charge in [-0.1, -0.05) is 24.3 Å². The van der Waals surface area contributed by atoms with Gasteiger partial charge in [0.1, 0.15) is 16.5 Å². The Bertz CT molecular complexity index is 1120. The highest BCUT2D eigenvalue weighted by atomic mass is 32.1. The minimum Gasteiger partial charge on any atom is -0.465 e. The first-order valence-corrected chi connectivity index (χ1v) is 11.4. The summed E-state index contributed by atoms with van der Waals surface area (Å²) in [6.07, 6.45) is 0.755. The van der Waals surface area contributed by atoms with Crippen molar-refractivity contribution in [2.75, 3.05) is 19.0 Å². The van der Waals surface area contributed by atoms with E-state index in [1.165, 1.54) is 18.4 Å². The van der Waals surface area contributed by atoms with Crippen molar-refractivity contribution < 1.29 is 19.1 Å². The van der Waals surface area contributed by atoms with Crippen molar-refractivity contribution in [3.8, 4) is 11.5 Å². The molecule has 1 aromatic heterocycles. The lowest BCUT2D eigenvalue weighted by molar-refractivity contribution is 0.0600. The lowest BCUT2D eigenvalue weighted by Crippen LogP contribution is -2.35. The average Bonchev–Trinajstić information content (AvgIpc) is 3.16. The number of amides is 1. The van der Waals surface area contributed by atoms with Crippen LogP contribution in [0.5, 0.6) is 11.5 Å². The van der Waals surface area contributed by atoms with Crippen LogP contribution in [0.3, 0.4) is 0 Å². The van der Waals surface area contributed by atoms with Crippen molar-refractivity contribution in [2.24, 2.45) is 0 Å². The van der Waals surface area contributed by atoms with Crippen LogP contribution in [-0.4, -0.2) is 36.5 Å². The lowest BCUT2D eigenvalue weighted by atomic mass is 10.0. The molecule has 7 heteroatoms. The lowest BCUT2D eigenvalue weighted by Gasteiger charge is -2.30. The van der Waals surface area contributed by atoms with E-state index < -0.39 is 5.97 Å². The monoisotopic (exact) mass is 450 g/mol. The first-order valence-electron chi connectivity index (χ1n) is 10.6. The number of nitrogens with zero attached hydrogens (tertiary/aromatic N) is 1. The van der Waals surface area contributed by atoms with Gasteiger partial charge in [-0.2, -0.15) is 0 Å². The molecule has 166 valence electrons. The maximum absolute atomic E-state index is 13.0. The number of thiophene rings is 1. The highest BCUT2D eigenvalue weighted by molar-refractivity contribution is 7.17. The molecule has 0 radical (unpaired) electrons. The Morgan fingerprint density at radius 3 is 2.53 bits per heavy atom. The Balaban J connectivity index is 1.58. The van der Waals surface area contributed by atoms with Crippen LogP contribution in [0.2, 0.25) is 0 Å². The molecule has 1 N–H and O–H groups in total. The quantitative estimate of drug-likeness (QED) is 0.513. The minimum absolute atomic E-state index is 0.298. The third kappa shape index (κ3) is 4.69. The van der Waals surface area contributed by atoms with Gasteiger partial charge < -0.3 is 14.8 Å². The zero-order valence-corrected chi connectivity index (χ0v) is 19.2. The van der Waals surface area contributed by atoms with Crippen LogP contribution in [0.25, 0.3) is 0 Å². The summed E-state index contributed by atoms with van der Waals surface area (Å²) in [4.78, 5) is 29.1. The van der Waals surface area contributed by atoms with E-state index in [9.17, 15) is 9.59 Å². The molecule has 0 saturated carbocycles. The van der Waals surface area contributed by atoms with Crippen molar-refractivity contribution in [3.63, 3.8) is 0 Å². The molecule has 32 heavy (non-hydrogen) atoms. The fourth-order valence-corrected chi connectivity index (χ4v) is 5.03. The van der Waals surface area contributed by atoms with Crippen molar-refractivity contribution in [3.05, 3.63) is 76.2 Å². The molecule has 0 spiro atoms. The van der Waals surface area contributed by atoms with Crippen LogP contribution in [-0.2, 0) is 17.7 Å². The number of anilines is 1. The Labute approximate surface area is 191 Å². The summed E-state index contributed by atoms with van der Waals surface area (Å²) < 4.78 is 10.9. The first kappa shape index (κ1) is 22.0. The third-order valence-electron chi connectivity index (χ3n) is 5.51. The summed E-state index contributed by atoms with van der Waals surface area (Å²) in [5.74, 6) is 0.540. The SMILES string of the molecule is COC(=O)c1c(NC(=O)c2cccc(Oc3ccccc3)c2)sc2c1CCN(C(C)C)C2. The number of methoxy groups -OCH3 is 1. The third-order valence-corrected chi connectivity index (χ3v) is 6.64. The molecule has 0 saturated heterocycles. The Hall–Kier alpha value is -3.16. The molecule has 0 atom stereocenters. The predicted molar refractivity (Wildman–Crippen MR) is 126 cm³/mol. The van der Waals surface area contributed by atoms with Crippen LogP contribution < -0.4 is 10.1 Å². The highest BCUT2D eigenvalue weighted by Gasteiger charge is 2.30. The highest BCUT2D eigenvalue weighted by Crippen LogP contribution is 2.38. The van der Waals surface area contributed by atoms with Gasteiger partial charge in [-0.3, -0.25) is 9.69 Å². The van der Waals surface area contributed by atoms with Gasteiger partial charge in [0.05, 0.1) is 12.7 Å². The second-order valence-corrected chi connectivity index (χ2v) is 9.02. The first-order chi connectivity index (χ1) is 15.5. The molecule has 0 fully saturated rings. The maximum atomic E-state index is 13.0. The maximum Gasteiger partial charge on any atom is 0.341 e. The molecular formula is C25H26N2O4S. The van der Waals surface area contributed by atoms with Crippen LogP contribution in [0.15, 0.2) is 54.6 Å². The van der Waals surface area contributed by atoms with Crippen molar-refractivity contribution in [1.29, 1.82) is 0 Å². The fourth-order valence-electron chi connectivity index (χ4n) is 3.77. The molecule has 4 rings (SSSR count). The number of carbonyl (C=O) groups excluding carboxylic acids is 2. The van der Waals surface area contributed by atoms with E-state index in [1.807, 2.05) is 30.3 Å². The number of benzene rings is 2. The van der Waals surface area contributed by atoms with Crippen molar-refractivity contribution in [1.82, 2.24) is 4.90 Å². The number of hydrogen-bond acceptors (Lipinski definition) is 6. The van der Waals surface area contributed by atoms with Crippen LogP contribution in [0.4, 0.5) is 5.00 Å². The molecule has 3 aromatic rings. The predicted octanol–water partition coefficient (Wildman–Crippen LogP) is 5.35. The van der Waals surface area contributed by atoms with Crippen molar-refractivity contribution >= 4 is 28.2 Å². The molecule has 6 nitrogen and oxygen atoms in total. The summed E-state index contributed by atoms with van der Waals surface area (Å²) >= 11 is 1.45. The Morgan fingerprint density at radius 1 is 1.06 bits per heavy atom. The molecular weight excluding hydrogens is 424 g/mol. The summed E-state index contributed by atoms with van der Waals surface area (Å²) in [6, 6.07) is 16.8. The van der Waals surface area contributed by atoms with E-state index in [0.717, 1.165) is 30.0 Å². The standard InChI is InChI=1S/C25H26N2O4S/c1-16(2)27-13-12-20-21(15-27)32-24(22(20)25(29)30-3)26-23(28)17-8-7-11-19(14-17)31-18-9-5-4-6-10-18/h4-11,14,16H,12-13,15H2,1-3H3,(H,26,28). The number of esters is 1. The second kappa shape index (κ2) is 9.54. The van der Waals surface area contributed by atoms with Gasteiger partial charge in [0.2, 0.25) is 0 Å². The Kier molecular flexibility index (Phi) is 6.58. The number of ether oxygens (including phenoxy) is 2. The summed E-state index contributed by atoms with van der Waals surface area (Å²) in [5.41, 5.74) is 1.90. The molecule has 1 amide bonds. The molecule has 2 heterocycles. The van der Waals surface area contributed by atoms with E-state index in [1.54, 1.807) is 24.3 Å². The number of hydrogen-bond donors (Lipinski definition) is 1. The Morgan fingerprint density at radius 2 is 1.81 bits per heavy atom. The average molecular weight is 451 g/mol. The van der Waals surface area contributed by atoms with Gasteiger partial charge >= 0.3 is 5.97 Å². The van der Waals surface area contributed by atoms with Crippen molar-refractivity contribution in [2.45, 2.75) is 32.9 Å². The van der Waals surface area contributed by atoms with Gasteiger partial charge in [-0.05, 0) is 56.2 Å². The van der Waals surface area contributed by atoms with E-state index >= 15 is 0 Å². The van der Waals surface area contributed by atoms with E-state index in [2.05, 4.69) is 24.1 Å². The van der Waals surface area contributed by atoms with Gasteiger partial charge in [0.15, 0.2) is 0 Å². The number of carbonyl (C=O) groups is 2. The number of fused-ring (bicyclic) bond motifs is 1. The van der Waals surface area contributed by atoms with Crippen LogP contribution >= 0.6 is 11.3 Å². The summed E-state index contributed by atoms with van der Waals surface area (Å²) in [5, 5.41) is 3.47. The van der Waals surface area contributed by atoms with E-state index in [0.29, 0.717) is 33.7 Å². The molecule has 0 unspecified atom stereocenters. The summed E-state index contributed by atoms with van der Waals surface area (Å²) in [6.45, 7) is 5.95. The molecule has 0 aliphatic carbocycles. The number of para-hydroxylation sites is 1. The topological polar surface area (TPSA) is 67.9 Å². The normalized spacial score (nSPS) is 13.5. The minimum atomic E-state index is -0.419. The number of nitrogens with one attached hydrogen (secondary N) is 1. The summed E-state index contributed by atoms with van der Waals surface area (Å²) in [7, 11) is 1.37. The molecule has 1 aliphatic rings. The zero-order chi connectivity index (χ0) is 22.7. The zero-order valence-electron chi connectivity index (χ0n) is 18.4. The molecule has 0 bridgehead atoms. The van der Waals surface area contributed by atoms with Crippen LogP contribution in [0, 0.1) is 0 Å². The van der Waals surface area contributed by atoms with Gasteiger partial charge in [0, 0.05) is 29.6 Å². The number of rotatable bonds is 6. The second-order valence-electron chi connectivity index (χ2n) is 7.91. The largest absolute Gasteiger partial charge is 0.465 e. The smallest absolute Gasteiger partial charge is 0.341 e. The van der Waals surface area contributed by atoms with Gasteiger partial charge in [-0.15, -0.1) is 11.3 Å². The van der Waals surface area contributed by atoms with E-state index in [-0.39, 0.29) is 5.91 Å². The van der Waals surface area contributed by atoms with E-state index in [4.69, 9.17) is 9.47 Å².